The summed E-state index contributed by atoms with van der Waals surface area (Å²) in [7, 11) is 2.77. The van der Waals surface area contributed by atoms with Crippen molar-refractivity contribution < 1.29 is 13.2 Å². The van der Waals surface area contributed by atoms with Gasteiger partial charge in [0.25, 0.3) is 5.56 Å². The lowest BCUT2D eigenvalue weighted by atomic mass is 9.85. The number of aromatic amines is 1. The summed E-state index contributed by atoms with van der Waals surface area (Å²) in [5.41, 5.74) is 0.917. The van der Waals surface area contributed by atoms with E-state index in [0.717, 1.165) is 30.6 Å². The van der Waals surface area contributed by atoms with Gasteiger partial charge in [0.05, 0.1) is 23.5 Å². The van der Waals surface area contributed by atoms with Crippen LogP contribution in [0.25, 0.3) is 10.9 Å². The van der Waals surface area contributed by atoms with Gasteiger partial charge >= 0.3 is 6.18 Å². The molecule has 2 aromatic heterocycles. The Labute approximate surface area is 188 Å². The molecule has 7 nitrogen and oxygen atoms in total. The van der Waals surface area contributed by atoms with Gasteiger partial charge in [-0.1, -0.05) is 25.0 Å². The first-order valence-corrected chi connectivity index (χ1v) is 10.8. The highest BCUT2D eigenvalue weighted by molar-refractivity contribution is 5.91. The fourth-order valence-corrected chi connectivity index (χ4v) is 4.66. The molecule has 1 aromatic carbocycles. The Bertz CT molecular complexity index is 1220. The normalized spacial score (nSPS) is 20.0. The molecule has 0 bridgehead atoms. The zero-order valence-corrected chi connectivity index (χ0v) is 18.4. The summed E-state index contributed by atoms with van der Waals surface area (Å²) < 4.78 is 42.0. The van der Waals surface area contributed by atoms with Crippen molar-refractivity contribution in [3.8, 4) is 6.07 Å². The van der Waals surface area contributed by atoms with E-state index in [9.17, 15) is 23.2 Å². The smallest absolute Gasteiger partial charge is 0.338 e. The van der Waals surface area contributed by atoms with Crippen LogP contribution < -0.4 is 10.9 Å². The van der Waals surface area contributed by atoms with Crippen LogP contribution in [-0.2, 0) is 0 Å². The lowest BCUT2D eigenvalue weighted by molar-refractivity contribution is -0.179. The average Bonchev–Trinajstić information content (AvgIpc) is 3.13. The molecule has 2 N–H and O–H groups in total. The van der Waals surface area contributed by atoms with E-state index in [-0.39, 0.29) is 23.1 Å². The average molecular weight is 458 g/mol. The summed E-state index contributed by atoms with van der Waals surface area (Å²) in [6.07, 6.45) is 0.672. The fourth-order valence-electron chi connectivity index (χ4n) is 4.66. The molecule has 1 fully saturated rings. The number of halogens is 3. The molecule has 2 heterocycles. The third-order valence-corrected chi connectivity index (χ3v) is 6.16. The molecule has 3 atom stereocenters. The number of alkyl halides is 3. The molecule has 0 aliphatic heterocycles. The van der Waals surface area contributed by atoms with Crippen LogP contribution in [-0.4, -0.2) is 39.9 Å². The minimum atomic E-state index is -4.40. The summed E-state index contributed by atoms with van der Waals surface area (Å²) >= 11 is 0. The molecule has 1 aliphatic rings. The monoisotopic (exact) mass is 458 g/mol. The maximum atomic E-state index is 13.4. The third-order valence-electron chi connectivity index (χ3n) is 6.16. The number of hydrogen-bond acceptors (Lipinski definition) is 5. The van der Waals surface area contributed by atoms with Crippen molar-refractivity contribution in [2.75, 3.05) is 19.4 Å². The van der Waals surface area contributed by atoms with Gasteiger partial charge < -0.3 is 10.3 Å². The second-order valence-corrected chi connectivity index (χ2v) is 8.60. The number of H-pyrrole nitrogens is 1. The van der Waals surface area contributed by atoms with Crippen molar-refractivity contribution in [3.05, 3.63) is 52.4 Å². The number of benzene rings is 1. The van der Waals surface area contributed by atoms with Gasteiger partial charge in [0.2, 0.25) is 0 Å². The third kappa shape index (κ3) is 4.46. The second-order valence-electron chi connectivity index (χ2n) is 8.60. The van der Waals surface area contributed by atoms with Crippen molar-refractivity contribution in [2.45, 2.75) is 43.9 Å². The van der Waals surface area contributed by atoms with Crippen LogP contribution in [0.5, 0.6) is 0 Å². The van der Waals surface area contributed by atoms with Gasteiger partial charge in [0, 0.05) is 11.9 Å². The van der Waals surface area contributed by atoms with E-state index in [4.69, 9.17) is 0 Å². The molecular weight excluding hydrogens is 433 g/mol. The Balaban J connectivity index is 1.70. The van der Waals surface area contributed by atoms with Crippen LogP contribution in [0.15, 0.2) is 41.3 Å². The Morgan fingerprint density at radius 3 is 2.55 bits per heavy atom. The van der Waals surface area contributed by atoms with Crippen molar-refractivity contribution >= 4 is 22.4 Å². The summed E-state index contributed by atoms with van der Waals surface area (Å²) in [4.78, 5) is 16.4. The summed E-state index contributed by atoms with van der Waals surface area (Å²) in [6.45, 7) is 0. The Kier molecular flexibility index (Phi) is 6.17. The molecule has 0 radical (unpaired) electrons. The summed E-state index contributed by atoms with van der Waals surface area (Å²) in [6, 6.07) is 8.17. The maximum absolute atomic E-state index is 13.4. The number of nitriles is 1. The number of anilines is 2. The van der Waals surface area contributed by atoms with Crippen molar-refractivity contribution in [1.82, 2.24) is 19.7 Å². The molecule has 4 rings (SSSR count). The van der Waals surface area contributed by atoms with Gasteiger partial charge in [0.15, 0.2) is 5.82 Å². The van der Waals surface area contributed by atoms with Gasteiger partial charge in [-0.3, -0.25) is 14.4 Å². The topological polar surface area (TPSA) is 89.7 Å². The zero-order chi connectivity index (χ0) is 23.8. The van der Waals surface area contributed by atoms with Crippen LogP contribution in [0.1, 0.15) is 43.3 Å². The van der Waals surface area contributed by atoms with Gasteiger partial charge in [-0.05, 0) is 50.7 Å². The lowest BCUT2D eigenvalue weighted by Crippen LogP contribution is -2.33. The first-order chi connectivity index (χ1) is 15.7. The molecule has 3 aromatic rings. The molecule has 0 spiro atoms. The maximum Gasteiger partial charge on any atom is 0.408 e. The van der Waals surface area contributed by atoms with Crippen LogP contribution in [0, 0.1) is 17.2 Å². The number of pyridine rings is 1. The summed E-state index contributed by atoms with van der Waals surface area (Å²) in [5.74, 6) is 0.112. The number of fused-ring (bicyclic) bond motifs is 1. The standard InChI is InChI=1S/C23H25F3N6O/c1-31(2)20(23(24,25)26)14-7-9-16(10-8-14)29-21-19-18(11-12-28-22(19)33)32(30-21)17-6-4-3-5-15(17)13-27/h7-12,15,17,20H,3-6H2,1-2H3,(H,28,33)(H,29,30)/t15-,17+,20+/m1/s1. The highest BCUT2D eigenvalue weighted by Crippen LogP contribution is 2.38. The van der Waals surface area contributed by atoms with Crippen LogP contribution >= 0.6 is 0 Å². The van der Waals surface area contributed by atoms with Gasteiger partial charge in [-0.2, -0.15) is 23.5 Å². The number of hydrogen-bond donors (Lipinski definition) is 2. The molecule has 33 heavy (non-hydrogen) atoms. The van der Waals surface area contributed by atoms with E-state index in [1.54, 1.807) is 16.9 Å². The second kappa shape index (κ2) is 8.90. The number of nitrogens with zero attached hydrogens (tertiary/aromatic N) is 4. The quantitative estimate of drug-likeness (QED) is 0.568. The van der Waals surface area contributed by atoms with Crippen LogP contribution in [0.2, 0.25) is 0 Å². The highest BCUT2D eigenvalue weighted by atomic mass is 19.4. The van der Waals surface area contributed by atoms with E-state index in [2.05, 4.69) is 21.5 Å². The molecule has 1 saturated carbocycles. The minimum Gasteiger partial charge on any atom is -0.338 e. The highest BCUT2D eigenvalue weighted by Gasteiger charge is 2.42. The molecule has 174 valence electrons. The molecule has 0 saturated heterocycles. The SMILES string of the molecule is CN(C)[C@@H](c1ccc(Nc2nn([C@H]3CCCC[C@@H]3C#N)c3cc[nH]c(=O)c23)cc1)C(F)(F)F. The van der Waals surface area contributed by atoms with E-state index in [0.29, 0.717) is 22.4 Å². The predicted molar refractivity (Wildman–Crippen MR) is 119 cm³/mol. The molecule has 0 amide bonds. The molecule has 0 unspecified atom stereocenters. The van der Waals surface area contributed by atoms with Gasteiger partial charge in [0.1, 0.15) is 11.4 Å². The van der Waals surface area contributed by atoms with E-state index < -0.39 is 12.2 Å². The van der Waals surface area contributed by atoms with Crippen LogP contribution in [0.3, 0.4) is 0 Å². The van der Waals surface area contributed by atoms with Crippen molar-refractivity contribution in [1.29, 1.82) is 5.26 Å². The van der Waals surface area contributed by atoms with Crippen LogP contribution in [0.4, 0.5) is 24.7 Å². The lowest BCUT2D eigenvalue weighted by Gasteiger charge is -2.27. The molecule has 10 heteroatoms. The van der Waals surface area contributed by atoms with E-state index in [1.807, 2.05) is 0 Å². The van der Waals surface area contributed by atoms with Crippen molar-refractivity contribution in [3.63, 3.8) is 0 Å². The van der Waals surface area contributed by atoms with Gasteiger partial charge in [-0.15, -0.1) is 0 Å². The summed E-state index contributed by atoms with van der Waals surface area (Å²) in [5, 5.41) is 17.7. The molecular formula is C23H25F3N6O. The molecule has 1 aliphatic carbocycles. The first-order valence-electron chi connectivity index (χ1n) is 10.8. The zero-order valence-electron chi connectivity index (χ0n) is 18.4. The van der Waals surface area contributed by atoms with Gasteiger partial charge in [-0.25, -0.2) is 0 Å². The van der Waals surface area contributed by atoms with E-state index >= 15 is 0 Å². The first kappa shape index (κ1) is 22.9. The Morgan fingerprint density at radius 1 is 1.21 bits per heavy atom. The van der Waals surface area contributed by atoms with E-state index in [1.165, 1.54) is 38.4 Å². The fraction of sp³-hybridized carbons (Fsp3) is 0.435. The van der Waals surface area contributed by atoms with Crippen molar-refractivity contribution in [2.24, 2.45) is 5.92 Å². The predicted octanol–water partition coefficient (Wildman–Crippen LogP) is 4.89. The Morgan fingerprint density at radius 2 is 1.91 bits per heavy atom. The Hall–Kier alpha value is -3.32. The number of rotatable bonds is 5. The largest absolute Gasteiger partial charge is 0.408 e. The minimum absolute atomic E-state index is 0.116. The number of aromatic nitrogens is 3. The number of nitrogens with one attached hydrogen (secondary N) is 2.